The topological polar surface area (TPSA) is 88.5 Å². The molecular weight excluding hydrogens is 414 g/mol. The molecule has 3 rings (SSSR count). The number of carbonyl (C=O) groups excluding carboxylic acids is 1. The van der Waals surface area contributed by atoms with Crippen molar-refractivity contribution < 1.29 is 14.5 Å². The molecule has 0 atom stereocenters. The first-order valence-corrected chi connectivity index (χ1v) is 10.9. The molecule has 0 spiro atoms. The molecule has 0 unspecified atom stereocenters. The lowest BCUT2D eigenvalue weighted by Crippen LogP contribution is -2.34. The number of para-hydroxylation sites is 1. The Morgan fingerprint density at radius 2 is 1.90 bits per heavy atom. The maximum absolute atomic E-state index is 12.1. The van der Waals surface area contributed by atoms with Crippen LogP contribution in [-0.4, -0.2) is 40.1 Å². The highest BCUT2D eigenvalue weighted by Gasteiger charge is 2.20. The minimum Gasteiger partial charge on any atom is -0.444 e. The van der Waals surface area contributed by atoms with Crippen molar-refractivity contribution in [2.24, 2.45) is 0 Å². The number of H-pyrrole nitrogens is 1. The van der Waals surface area contributed by atoms with Crippen LogP contribution in [0.15, 0.2) is 58.5 Å². The number of ether oxygens (including phenoxy) is 1. The van der Waals surface area contributed by atoms with Gasteiger partial charge in [-0.3, -0.25) is 10.1 Å². The average Bonchev–Trinajstić information content (AvgIpc) is 3.10. The van der Waals surface area contributed by atoms with Crippen LogP contribution in [0.1, 0.15) is 32.8 Å². The molecule has 0 aliphatic heterocycles. The van der Waals surface area contributed by atoms with Crippen LogP contribution in [0.2, 0.25) is 0 Å². The Bertz CT molecular complexity index is 1090. The van der Waals surface area contributed by atoms with E-state index in [1.807, 2.05) is 51.2 Å². The molecule has 1 amide bonds. The molecule has 0 saturated carbocycles. The molecule has 31 heavy (non-hydrogen) atoms. The van der Waals surface area contributed by atoms with Crippen LogP contribution in [0.4, 0.5) is 10.5 Å². The summed E-state index contributed by atoms with van der Waals surface area (Å²) in [5.41, 5.74) is 1.27. The number of hydrogen-bond donors (Lipinski definition) is 1. The van der Waals surface area contributed by atoms with E-state index in [4.69, 9.17) is 4.74 Å². The van der Waals surface area contributed by atoms with Gasteiger partial charge < -0.3 is 14.6 Å². The molecule has 0 bridgehead atoms. The fraction of sp³-hybridized carbons (Fsp3) is 0.348. The van der Waals surface area contributed by atoms with Gasteiger partial charge in [-0.15, -0.1) is 0 Å². The highest BCUT2D eigenvalue weighted by Crippen LogP contribution is 2.38. The smallest absolute Gasteiger partial charge is 0.410 e. The van der Waals surface area contributed by atoms with Crippen molar-refractivity contribution in [2.45, 2.75) is 49.0 Å². The van der Waals surface area contributed by atoms with Gasteiger partial charge in [-0.2, -0.15) is 0 Å². The van der Waals surface area contributed by atoms with Gasteiger partial charge in [-0.1, -0.05) is 42.1 Å². The molecule has 164 valence electrons. The zero-order chi connectivity index (χ0) is 22.6. The number of rotatable bonds is 7. The number of aromatic amines is 1. The maximum atomic E-state index is 12.1. The number of aryl methyl sites for hydroxylation is 1. The van der Waals surface area contributed by atoms with Crippen molar-refractivity contribution in [1.29, 1.82) is 0 Å². The molecule has 1 aromatic heterocycles. The van der Waals surface area contributed by atoms with E-state index in [1.54, 1.807) is 29.8 Å². The number of amides is 1. The largest absolute Gasteiger partial charge is 0.444 e. The van der Waals surface area contributed by atoms with E-state index in [-0.39, 0.29) is 16.7 Å². The van der Waals surface area contributed by atoms with Gasteiger partial charge in [0, 0.05) is 41.0 Å². The van der Waals surface area contributed by atoms with Gasteiger partial charge >= 0.3 is 6.09 Å². The minimum absolute atomic E-state index is 0.0721. The number of aromatic nitrogens is 1. The lowest BCUT2D eigenvalue weighted by Gasteiger charge is -2.24. The molecule has 8 heteroatoms. The number of nitro groups is 1. The number of carbonyl (C=O) groups is 1. The summed E-state index contributed by atoms with van der Waals surface area (Å²) in [5.74, 6) is 0. The Morgan fingerprint density at radius 3 is 2.61 bits per heavy atom. The van der Waals surface area contributed by atoms with Crippen molar-refractivity contribution >= 4 is 34.4 Å². The van der Waals surface area contributed by atoms with Gasteiger partial charge in [0.1, 0.15) is 11.1 Å². The lowest BCUT2D eigenvalue weighted by atomic mass is 10.1. The van der Waals surface area contributed by atoms with Crippen LogP contribution in [-0.2, 0) is 11.2 Å². The number of fused-ring (bicyclic) bond motifs is 1. The van der Waals surface area contributed by atoms with E-state index < -0.39 is 5.60 Å². The first-order valence-electron chi connectivity index (χ1n) is 10.1. The van der Waals surface area contributed by atoms with E-state index in [1.165, 1.54) is 11.6 Å². The molecule has 0 aliphatic carbocycles. The molecule has 0 radical (unpaired) electrons. The normalized spacial score (nSPS) is 11.5. The first-order chi connectivity index (χ1) is 14.7. The minimum atomic E-state index is -0.511. The summed E-state index contributed by atoms with van der Waals surface area (Å²) in [6.45, 7) is 6.15. The molecule has 0 fully saturated rings. The molecule has 1 heterocycles. The van der Waals surface area contributed by atoms with Gasteiger partial charge in [0.25, 0.3) is 5.69 Å². The number of nitro benzene ring substituents is 1. The van der Waals surface area contributed by atoms with E-state index in [9.17, 15) is 14.9 Å². The third kappa shape index (κ3) is 5.79. The zero-order valence-corrected chi connectivity index (χ0v) is 19.0. The summed E-state index contributed by atoms with van der Waals surface area (Å²) in [7, 11) is 1.74. The summed E-state index contributed by atoms with van der Waals surface area (Å²) in [6, 6.07) is 13.2. The quantitative estimate of drug-likeness (QED) is 0.357. The first kappa shape index (κ1) is 22.7. The van der Waals surface area contributed by atoms with Gasteiger partial charge in [0.15, 0.2) is 0 Å². The van der Waals surface area contributed by atoms with Crippen LogP contribution in [0.3, 0.4) is 0 Å². The molecule has 2 aromatic carbocycles. The molecule has 1 N–H and O–H groups in total. The molecule has 7 nitrogen and oxygen atoms in total. The van der Waals surface area contributed by atoms with Gasteiger partial charge in [-0.05, 0) is 45.2 Å². The third-order valence-corrected chi connectivity index (χ3v) is 5.87. The summed E-state index contributed by atoms with van der Waals surface area (Å²) < 4.78 is 5.39. The molecule has 0 aliphatic rings. The predicted octanol–water partition coefficient (Wildman–Crippen LogP) is 6.03. The Labute approximate surface area is 185 Å². The monoisotopic (exact) mass is 441 g/mol. The van der Waals surface area contributed by atoms with E-state index >= 15 is 0 Å². The van der Waals surface area contributed by atoms with Crippen molar-refractivity contribution in [1.82, 2.24) is 9.88 Å². The summed E-state index contributed by atoms with van der Waals surface area (Å²) >= 11 is 1.58. The Kier molecular flexibility index (Phi) is 6.90. The van der Waals surface area contributed by atoms with Gasteiger partial charge in [0.05, 0.1) is 4.92 Å². The van der Waals surface area contributed by atoms with Crippen LogP contribution in [0, 0.1) is 10.1 Å². The second kappa shape index (κ2) is 9.43. The lowest BCUT2D eigenvalue weighted by molar-refractivity contribution is -0.383. The maximum Gasteiger partial charge on any atom is 0.410 e. The Balaban J connectivity index is 1.69. The van der Waals surface area contributed by atoms with E-state index in [0.29, 0.717) is 12.1 Å². The predicted molar refractivity (Wildman–Crippen MR) is 123 cm³/mol. The van der Waals surface area contributed by atoms with E-state index in [0.717, 1.165) is 28.0 Å². The standard InChI is InChI=1S/C23H27N3O4S/c1-23(2,3)30-22(27)25(4)14-8-10-16-9-5-6-13-19(16)31-20-15-24-21-17(20)11-7-12-18(21)26(28)29/h5-7,9,11-13,15,24H,8,10,14H2,1-4H3. The summed E-state index contributed by atoms with van der Waals surface area (Å²) in [6.07, 6.45) is 3.09. The van der Waals surface area contributed by atoms with Gasteiger partial charge in [-0.25, -0.2) is 4.79 Å². The van der Waals surface area contributed by atoms with Crippen LogP contribution < -0.4 is 0 Å². The van der Waals surface area contributed by atoms with Crippen LogP contribution in [0.25, 0.3) is 10.9 Å². The third-order valence-electron chi connectivity index (χ3n) is 4.69. The number of nitrogens with one attached hydrogen (secondary N) is 1. The second-order valence-electron chi connectivity index (χ2n) is 8.32. The summed E-state index contributed by atoms with van der Waals surface area (Å²) in [4.78, 5) is 29.7. The highest BCUT2D eigenvalue weighted by molar-refractivity contribution is 7.99. The second-order valence-corrected chi connectivity index (χ2v) is 9.41. The molecule has 3 aromatic rings. The Morgan fingerprint density at radius 1 is 1.16 bits per heavy atom. The summed E-state index contributed by atoms with van der Waals surface area (Å²) in [5, 5.41) is 12.1. The van der Waals surface area contributed by atoms with Gasteiger partial charge in [0.2, 0.25) is 0 Å². The number of benzene rings is 2. The zero-order valence-electron chi connectivity index (χ0n) is 18.2. The highest BCUT2D eigenvalue weighted by atomic mass is 32.2. The number of hydrogen-bond acceptors (Lipinski definition) is 5. The fourth-order valence-electron chi connectivity index (χ4n) is 3.22. The Hall–Kier alpha value is -3.00. The van der Waals surface area contributed by atoms with Crippen LogP contribution >= 0.6 is 11.8 Å². The average molecular weight is 442 g/mol. The van der Waals surface area contributed by atoms with Crippen LogP contribution in [0.5, 0.6) is 0 Å². The van der Waals surface area contributed by atoms with E-state index in [2.05, 4.69) is 11.1 Å². The SMILES string of the molecule is CN(CCCc1ccccc1Sc1c[nH]c2c([N+](=O)[O-])cccc12)C(=O)OC(C)(C)C. The van der Waals surface area contributed by atoms with Crippen molar-refractivity contribution in [3.63, 3.8) is 0 Å². The number of nitrogens with zero attached hydrogens (tertiary/aromatic N) is 2. The fourth-order valence-corrected chi connectivity index (χ4v) is 4.30. The van der Waals surface area contributed by atoms with Crippen molar-refractivity contribution in [3.8, 4) is 0 Å². The molecular formula is C23H27N3O4S. The number of non-ortho nitro benzene ring substituents is 1. The molecule has 0 saturated heterocycles. The van der Waals surface area contributed by atoms with Crippen molar-refractivity contribution in [3.05, 3.63) is 64.3 Å². The van der Waals surface area contributed by atoms with Crippen molar-refractivity contribution in [2.75, 3.05) is 13.6 Å².